The first-order chi connectivity index (χ1) is 10.3. The maximum absolute atomic E-state index is 12.4. The molecule has 5 nitrogen and oxygen atoms in total. The molecule has 1 amide bonds. The summed E-state index contributed by atoms with van der Waals surface area (Å²) in [6.07, 6.45) is 1.72. The van der Waals surface area contributed by atoms with E-state index in [4.69, 9.17) is 4.74 Å². The molecule has 0 radical (unpaired) electrons. The van der Waals surface area contributed by atoms with Gasteiger partial charge in [-0.3, -0.25) is 9.89 Å². The number of H-pyrrole nitrogens is 1. The second-order valence-corrected chi connectivity index (χ2v) is 4.56. The molecule has 0 fully saturated rings. The number of carbonyl (C=O) groups excluding carboxylic acids is 1. The Bertz CT molecular complexity index is 780. The van der Waals surface area contributed by atoms with Crippen LogP contribution in [0.4, 0.5) is 5.69 Å². The van der Waals surface area contributed by atoms with Crippen LogP contribution in [-0.4, -0.2) is 22.7 Å². The van der Waals surface area contributed by atoms with E-state index in [2.05, 4.69) is 15.5 Å². The molecule has 0 bridgehead atoms. The van der Waals surface area contributed by atoms with E-state index in [1.165, 1.54) is 0 Å². The van der Waals surface area contributed by atoms with E-state index in [0.717, 1.165) is 16.6 Å². The summed E-state index contributed by atoms with van der Waals surface area (Å²) < 4.78 is 5.48. The summed E-state index contributed by atoms with van der Waals surface area (Å²) in [7, 11) is 0. The molecule has 21 heavy (non-hydrogen) atoms. The highest BCUT2D eigenvalue weighted by Gasteiger charge is 2.12. The van der Waals surface area contributed by atoms with Gasteiger partial charge in [0.15, 0.2) is 0 Å². The molecule has 0 aliphatic rings. The van der Waals surface area contributed by atoms with E-state index in [-0.39, 0.29) is 5.91 Å². The fourth-order valence-corrected chi connectivity index (χ4v) is 2.15. The summed E-state index contributed by atoms with van der Waals surface area (Å²) in [5, 5.41) is 10.7. The predicted molar refractivity (Wildman–Crippen MR) is 81.7 cm³/mol. The number of carbonyl (C=O) groups is 1. The van der Waals surface area contributed by atoms with E-state index >= 15 is 0 Å². The van der Waals surface area contributed by atoms with Crippen molar-refractivity contribution < 1.29 is 9.53 Å². The standard InChI is InChI=1S/C16H15N3O2/c1-2-21-15-6-4-3-5-13(15)16(20)18-12-7-8-14-11(9-12)10-17-19-14/h3-10H,2H2,1H3,(H,17,19)(H,18,20). The first-order valence-corrected chi connectivity index (χ1v) is 6.74. The third kappa shape index (κ3) is 2.72. The molecule has 3 rings (SSSR count). The zero-order valence-corrected chi connectivity index (χ0v) is 11.6. The molecule has 0 saturated carbocycles. The van der Waals surface area contributed by atoms with Crippen molar-refractivity contribution in [2.45, 2.75) is 6.92 Å². The van der Waals surface area contributed by atoms with Gasteiger partial charge in [0, 0.05) is 11.1 Å². The second kappa shape index (κ2) is 5.66. The van der Waals surface area contributed by atoms with Crippen LogP contribution < -0.4 is 10.1 Å². The van der Waals surface area contributed by atoms with E-state index in [1.807, 2.05) is 37.3 Å². The summed E-state index contributed by atoms with van der Waals surface area (Å²) in [5.41, 5.74) is 2.18. The van der Waals surface area contributed by atoms with Crippen molar-refractivity contribution in [1.82, 2.24) is 10.2 Å². The normalized spacial score (nSPS) is 10.5. The fraction of sp³-hybridized carbons (Fsp3) is 0.125. The van der Waals surface area contributed by atoms with Gasteiger partial charge in [-0.1, -0.05) is 12.1 Å². The Hall–Kier alpha value is -2.82. The molecule has 106 valence electrons. The minimum absolute atomic E-state index is 0.193. The summed E-state index contributed by atoms with van der Waals surface area (Å²) in [6, 6.07) is 12.8. The van der Waals surface area contributed by atoms with Crippen LogP contribution in [-0.2, 0) is 0 Å². The molecule has 0 aliphatic carbocycles. The van der Waals surface area contributed by atoms with Gasteiger partial charge in [-0.05, 0) is 37.3 Å². The summed E-state index contributed by atoms with van der Waals surface area (Å²) in [6.45, 7) is 2.41. The monoisotopic (exact) mass is 281 g/mol. The van der Waals surface area contributed by atoms with Gasteiger partial charge in [0.1, 0.15) is 5.75 Å². The smallest absolute Gasteiger partial charge is 0.259 e. The third-order valence-corrected chi connectivity index (χ3v) is 3.13. The number of aromatic nitrogens is 2. The van der Waals surface area contributed by atoms with Crippen molar-refractivity contribution in [2.24, 2.45) is 0 Å². The number of amides is 1. The topological polar surface area (TPSA) is 67.0 Å². The van der Waals surface area contributed by atoms with Crippen LogP contribution in [0.5, 0.6) is 5.75 Å². The number of ether oxygens (including phenoxy) is 1. The predicted octanol–water partition coefficient (Wildman–Crippen LogP) is 3.21. The summed E-state index contributed by atoms with van der Waals surface area (Å²) >= 11 is 0. The lowest BCUT2D eigenvalue weighted by atomic mass is 10.1. The van der Waals surface area contributed by atoms with Crippen molar-refractivity contribution in [2.75, 3.05) is 11.9 Å². The van der Waals surface area contributed by atoms with Crippen molar-refractivity contribution >= 4 is 22.5 Å². The minimum atomic E-state index is -0.193. The van der Waals surface area contributed by atoms with Gasteiger partial charge in [0.25, 0.3) is 5.91 Å². The second-order valence-electron chi connectivity index (χ2n) is 4.56. The maximum atomic E-state index is 12.4. The number of hydrogen-bond acceptors (Lipinski definition) is 3. The molecular weight excluding hydrogens is 266 g/mol. The fourth-order valence-electron chi connectivity index (χ4n) is 2.15. The van der Waals surface area contributed by atoms with Gasteiger partial charge in [-0.15, -0.1) is 0 Å². The lowest BCUT2D eigenvalue weighted by Gasteiger charge is -2.10. The van der Waals surface area contributed by atoms with Gasteiger partial charge < -0.3 is 10.1 Å². The average molecular weight is 281 g/mol. The highest BCUT2D eigenvalue weighted by Crippen LogP contribution is 2.21. The van der Waals surface area contributed by atoms with Crippen molar-refractivity contribution in [3.63, 3.8) is 0 Å². The molecule has 0 unspecified atom stereocenters. The SMILES string of the molecule is CCOc1ccccc1C(=O)Nc1ccc2[nH]ncc2c1. The number of anilines is 1. The van der Waals surface area contributed by atoms with Crippen molar-refractivity contribution in [3.05, 3.63) is 54.2 Å². The quantitative estimate of drug-likeness (QED) is 0.771. The van der Waals surface area contributed by atoms with Crippen LogP contribution in [0, 0.1) is 0 Å². The van der Waals surface area contributed by atoms with Crippen LogP contribution >= 0.6 is 0 Å². The summed E-state index contributed by atoms with van der Waals surface area (Å²) in [4.78, 5) is 12.4. The molecule has 0 atom stereocenters. The third-order valence-electron chi connectivity index (χ3n) is 3.13. The number of para-hydroxylation sites is 1. The molecule has 2 N–H and O–H groups in total. The highest BCUT2D eigenvalue weighted by molar-refractivity contribution is 6.06. The Balaban J connectivity index is 1.85. The Morgan fingerprint density at radius 1 is 1.29 bits per heavy atom. The lowest BCUT2D eigenvalue weighted by Crippen LogP contribution is -2.13. The molecule has 0 aliphatic heterocycles. The number of nitrogens with one attached hydrogen (secondary N) is 2. The molecule has 1 aromatic heterocycles. The molecule has 0 saturated heterocycles. The number of rotatable bonds is 4. The van der Waals surface area contributed by atoms with E-state index in [1.54, 1.807) is 18.3 Å². The number of aromatic amines is 1. The number of fused-ring (bicyclic) bond motifs is 1. The molecular formula is C16H15N3O2. The number of nitrogens with zero attached hydrogens (tertiary/aromatic N) is 1. The molecule has 0 spiro atoms. The van der Waals surface area contributed by atoms with Crippen LogP contribution in [0.3, 0.4) is 0 Å². The minimum Gasteiger partial charge on any atom is -0.493 e. The van der Waals surface area contributed by atoms with Gasteiger partial charge >= 0.3 is 0 Å². The zero-order chi connectivity index (χ0) is 14.7. The number of benzene rings is 2. The van der Waals surface area contributed by atoms with Crippen molar-refractivity contribution in [1.29, 1.82) is 0 Å². The molecule has 2 aromatic carbocycles. The Morgan fingerprint density at radius 3 is 3.00 bits per heavy atom. The van der Waals surface area contributed by atoms with Crippen LogP contribution in [0.2, 0.25) is 0 Å². The van der Waals surface area contributed by atoms with Gasteiger partial charge in [-0.2, -0.15) is 5.10 Å². The Labute approximate surface area is 121 Å². The first-order valence-electron chi connectivity index (χ1n) is 6.74. The molecule has 5 heteroatoms. The molecule has 1 heterocycles. The van der Waals surface area contributed by atoms with Crippen LogP contribution in [0.1, 0.15) is 17.3 Å². The number of hydrogen-bond donors (Lipinski definition) is 2. The zero-order valence-electron chi connectivity index (χ0n) is 11.6. The molecule has 3 aromatic rings. The summed E-state index contributed by atoms with van der Waals surface area (Å²) in [5.74, 6) is 0.392. The largest absolute Gasteiger partial charge is 0.493 e. The van der Waals surface area contributed by atoms with E-state index in [9.17, 15) is 4.79 Å². The maximum Gasteiger partial charge on any atom is 0.259 e. The Kier molecular flexibility index (Phi) is 3.55. The average Bonchev–Trinajstić information content (AvgIpc) is 2.95. The first kappa shape index (κ1) is 13.2. The van der Waals surface area contributed by atoms with Gasteiger partial charge in [0.2, 0.25) is 0 Å². The Morgan fingerprint density at radius 2 is 2.14 bits per heavy atom. The highest BCUT2D eigenvalue weighted by atomic mass is 16.5. The van der Waals surface area contributed by atoms with E-state index in [0.29, 0.717) is 17.9 Å². The lowest BCUT2D eigenvalue weighted by molar-refractivity contribution is 0.102. The van der Waals surface area contributed by atoms with Crippen LogP contribution in [0.15, 0.2) is 48.7 Å². The van der Waals surface area contributed by atoms with Crippen LogP contribution in [0.25, 0.3) is 10.9 Å². The van der Waals surface area contributed by atoms with Gasteiger partial charge in [-0.25, -0.2) is 0 Å². The van der Waals surface area contributed by atoms with E-state index < -0.39 is 0 Å². The van der Waals surface area contributed by atoms with Crippen molar-refractivity contribution in [3.8, 4) is 5.75 Å². The van der Waals surface area contributed by atoms with Gasteiger partial charge in [0.05, 0.1) is 23.9 Å².